The van der Waals surface area contributed by atoms with Crippen LogP contribution in [0.1, 0.15) is 19.4 Å². The number of nitrogens with one attached hydrogen (secondary N) is 1. The van der Waals surface area contributed by atoms with Crippen LogP contribution >= 0.6 is 0 Å². The normalized spacial score (nSPS) is 10.5. The van der Waals surface area contributed by atoms with Gasteiger partial charge >= 0.3 is 0 Å². The molecule has 17 heavy (non-hydrogen) atoms. The first kappa shape index (κ1) is 13.6. The zero-order valence-electron chi connectivity index (χ0n) is 10.6. The molecule has 5 heteroatoms. The van der Waals surface area contributed by atoms with E-state index in [9.17, 15) is 0 Å². The van der Waals surface area contributed by atoms with Crippen LogP contribution in [0.3, 0.4) is 0 Å². The van der Waals surface area contributed by atoms with Crippen molar-refractivity contribution < 1.29 is 19.4 Å². The van der Waals surface area contributed by atoms with Gasteiger partial charge in [-0.15, -0.1) is 0 Å². The highest BCUT2D eigenvalue weighted by Crippen LogP contribution is 2.35. The molecular formula is C12H19NO4. The second kappa shape index (κ2) is 6.32. The minimum atomic E-state index is 0.0513. The zero-order valence-corrected chi connectivity index (χ0v) is 10.6. The molecule has 0 spiro atoms. The molecule has 0 radical (unpaired) electrons. The summed E-state index contributed by atoms with van der Waals surface area (Å²) in [7, 11) is 3.15. The fourth-order valence-corrected chi connectivity index (χ4v) is 1.50. The molecule has 0 aliphatic heterocycles. The van der Waals surface area contributed by atoms with E-state index < -0.39 is 0 Å². The summed E-state index contributed by atoms with van der Waals surface area (Å²) < 4.78 is 16.1. The molecule has 0 amide bonds. The molecule has 0 heterocycles. The number of ether oxygens (including phenoxy) is 3. The Labute approximate surface area is 101 Å². The highest BCUT2D eigenvalue weighted by molar-refractivity contribution is 5.50. The summed E-state index contributed by atoms with van der Waals surface area (Å²) in [5.41, 5.74) is 2.89. The summed E-state index contributed by atoms with van der Waals surface area (Å²) in [5.74, 6) is 1.88. The van der Waals surface area contributed by atoms with Crippen molar-refractivity contribution in [3.05, 3.63) is 17.7 Å². The largest absolute Gasteiger partial charge is 0.496 e. The van der Waals surface area contributed by atoms with Crippen LogP contribution in [-0.2, 0) is 6.54 Å². The first-order chi connectivity index (χ1) is 8.12. The topological polar surface area (TPSA) is 60.0 Å². The molecule has 0 atom stereocenters. The number of hydrogen-bond donors (Lipinski definition) is 2. The van der Waals surface area contributed by atoms with Crippen molar-refractivity contribution in [1.82, 2.24) is 5.48 Å². The van der Waals surface area contributed by atoms with Crippen LogP contribution in [-0.4, -0.2) is 25.5 Å². The van der Waals surface area contributed by atoms with Crippen molar-refractivity contribution in [2.45, 2.75) is 26.5 Å². The summed E-state index contributed by atoms with van der Waals surface area (Å²) in [6, 6.07) is 3.53. The number of methoxy groups -OCH3 is 2. The lowest BCUT2D eigenvalue weighted by Crippen LogP contribution is -2.10. The van der Waals surface area contributed by atoms with Gasteiger partial charge in [0, 0.05) is 18.2 Å². The van der Waals surface area contributed by atoms with Crippen LogP contribution in [0.5, 0.6) is 17.2 Å². The van der Waals surface area contributed by atoms with Crippen molar-refractivity contribution in [2.75, 3.05) is 14.2 Å². The van der Waals surface area contributed by atoms with E-state index in [1.165, 1.54) is 0 Å². The van der Waals surface area contributed by atoms with Crippen molar-refractivity contribution in [2.24, 2.45) is 0 Å². The van der Waals surface area contributed by atoms with Crippen LogP contribution in [0.2, 0.25) is 0 Å². The highest BCUT2D eigenvalue weighted by Gasteiger charge is 2.13. The van der Waals surface area contributed by atoms with Gasteiger partial charge in [-0.25, -0.2) is 5.48 Å². The number of benzene rings is 1. The summed E-state index contributed by atoms with van der Waals surface area (Å²) in [6.07, 6.45) is 0.0513. The number of hydrogen-bond acceptors (Lipinski definition) is 5. The Hall–Kier alpha value is -1.46. The summed E-state index contributed by atoms with van der Waals surface area (Å²) >= 11 is 0. The van der Waals surface area contributed by atoms with Gasteiger partial charge in [-0.2, -0.15) is 0 Å². The van der Waals surface area contributed by atoms with Gasteiger partial charge in [-0.3, -0.25) is 0 Å². The molecule has 1 rings (SSSR count). The van der Waals surface area contributed by atoms with Gasteiger partial charge in [0.1, 0.15) is 5.75 Å². The Balaban J connectivity index is 3.12. The lowest BCUT2D eigenvalue weighted by atomic mass is 10.1. The molecule has 1 aromatic rings. The number of rotatable bonds is 6. The summed E-state index contributed by atoms with van der Waals surface area (Å²) in [6.45, 7) is 4.16. The van der Waals surface area contributed by atoms with E-state index in [0.717, 1.165) is 5.56 Å². The first-order valence-corrected chi connectivity index (χ1v) is 5.40. The highest BCUT2D eigenvalue weighted by atomic mass is 16.5. The lowest BCUT2D eigenvalue weighted by molar-refractivity contribution is 0.159. The van der Waals surface area contributed by atoms with E-state index in [2.05, 4.69) is 5.48 Å². The van der Waals surface area contributed by atoms with Gasteiger partial charge in [0.15, 0.2) is 11.5 Å². The van der Waals surface area contributed by atoms with Crippen LogP contribution in [0.25, 0.3) is 0 Å². The van der Waals surface area contributed by atoms with Crippen molar-refractivity contribution in [3.8, 4) is 17.2 Å². The monoisotopic (exact) mass is 241 g/mol. The zero-order chi connectivity index (χ0) is 12.8. The third kappa shape index (κ3) is 3.51. The van der Waals surface area contributed by atoms with Gasteiger partial charge in [0.2, 0.25) is 0 Å². The predicted molar refractivity (Wildman–Crippen MR) is 63.9 cm³/mol. The molecule has 0 saturated carbocycles. The number of hydroxylamine groups is 1. The average Bonchev–Trinajstić information content (AvgIpc) is 2.30. The molecular weight excluding hydrogens is 222 g/mol. The minimum Gasteiger partial charge on any atom is -0.496 e. The summed E-state index contributed by atoms with van der Waals surface area (Å²) in [4.78, 5) is 0. The molecule has 2 N–H and O–H groups in total. The molecule has 0 bridgehead atoms. The Morgan fingerprint density at radius 3 is 2.24 bits per heavy atom. The Morgan fingerprint density at radius 2 is 1.76 bits per heavy atom. The van der Waals surface area contributed by atoms with Crippen molar-refractivity contribution >= 4 is 0 Å². The van der Waals surface area contributed by atoms with E-state index in [1.807, 2.05) is 13.8 Å². The van der Waals surface area contributed by atoms with Crippen molar-refractivity contribution in [3.63, 3.8) is 0 Å². The van der Waals surface area contributed by atoms with E-state index in [0.29, 0.717) is 17.2 Å². The molecule has 96 valence electrons. The maximum Gasteiger partial charge on any atom is 0.165 e. The first-order valence-electron chi connectivity index (χ1n) is 5.40. The third-order valence-electron chi connectivity index (χ3n) is 2.20. The van der Waals surface area contributed by atoms with Gasteiger partial charge in [-0.05, 0) is 19.9 Å². The average molecular weight is 241 g/mol. The predicted octanol–water partition coefficient (Wildman–Crippen LogP) is 1.97. The molecule has 0 aliphatic carbocycles. The van der Waals surface area contributed by atoms with Gasteiger partial charge in [-0.1, -0.05) is 0 Å². The van der Waals surface area contributed by atoms with Gasteiger partial charge in [0.05, 0.1) is 20.3 Å². The molecule has 0 unspecified atom stereocenters. The Morgan fingerprint density at radius 1 is 1.12 bits per heavy atom. The maximum absolute atomic E-state index is 8.74. The fourth-order valence-electron chi connectivity index (χ4n) is 1.50. The molecule has 0 aliphatic rings. The van der Waals surface area contributed by atoms with E-state index in [4.69, 9.17) is 19.4 Å². The van der Waals surface area contributed by atoms with Crippen LogP contribution in [0, 0.1) is 0 Å². The van der Waals surface area contributed by atoms with Gasteiger partial charge in [0.25, 0.3) is 0 Å². The molecule has 0 saturated heterocycles. The summed E-state index contributed by atoms with van der Waals surface area (Å²) in [5, 5.41) is 8.74. The van der Waals surface area contributed by atoms with Crippen LogP contribution in [0.15, 0.2) is 12.1 Å². The smallest absolute Gasteiger partial charge is 0.165 e. The third-order valence-corrected chi connectivity index (χ3v) is 2.20. The Kier molecular flexibility index (Phi) is 5.06. The molecule has 5 nitrogen and oxygen atoms in total. The van der Waals surface area contributed by atoms with E-state index >= 15 is 0 Å². The second-order valence-corrected chi connectivity index (χ2v) is 3.82. The maximum atomic E-state index is 8.74. The SMILES string of the molecule is COc1cc(OC(C)C)c(OC)cc1CNO. The van der Waals surface area contributed by atoms with E-state index in [1.54, 1.807) is 26.4 Å². The van der Waals surface area contributed by atoms with Gasteiger partial charge < -0.3 is 19.4 Å². The van der Waals surface area contributed by atoms with Crippen LogP contribution < -0.4 is 19.7 Å². The fraction of sp³-hybridized carbons (Fsp3) is 0.500. The molecule has 0 aromatic heterocycles. The second-order valence-electron chi connectivity index (χ2n) is 3.82. The molecule has 1 aromatic carbocycles. The van der Waals surface area contributed by atoms with E-state index in [-0.39, 0.29) is 12.6 Å². The molecule has 0 fully saturated rings. The van der Waals surface area contributed by atoms with Crippen LogP contribution in [0.4, 0.5) is 0 Å². The quantitative estimate of drug-likeness (QED) is 0.746. The Bertz CT molecular complexity index is 366. The van der Waals surface area contributed by atoms with Crippen molar-refractivity contribution in [1.29, 1.82) is 0 Å². The minimum absolute atomic E-state index is 0.0513. The standard InChI is InChI=1S/C12H19NO4/c1-8(2)17-12-6-10(15-3)9(7-13-14)5-11(12)16-4/h5-6,8,13-14H,7H2,1-4H3. The lowest BCUT2D eigenvalue weighted by Gasteiger charge is -2.17.